The summed E-state index contributed by atoms with van der Waals surface area (Å²) in [4.78, 5) is 19.7. The van der Waals surface area contributed by atoms with Gasteiger partial charge in [-0.2, -0.15) is 5.10 Å². The first-order valence-corrected chi connectivity index (χ1v) is 11.1. The lowest BCUT2D eigenvalue weighted by Crippen LogP contribution is -2.38. The van der Waals surface area contributed by atoms with Gasteiger partial charge in [-0.3, -0.25) is 9.69 Å². The van der Waals surface area contributed by atoms with E-state index in [-0.39, 0.29) is 5.91 Å². The van der Waals surface area contributed by atoms with E-state index in [0.29, 0.717) is 18.0 Å². The third-order valence-corrected chi connectivity index (χ3v) is 5.94. The molecule has 1 N–H and O–H groups in total. The highest BCUT2D eigenvalue weighted by molar-refractivity contribution is 5.95. The van der Waals surface area contributed by atoms with Crippen molar-refractivity contribution in [3.05, 3.63) is 53.5 Å². The van der Waals surface area contributed by atoms with Crippen molar-refractivity contribution in [3.63, 3.8) is 0 Å². The fourth-order valence-corrected chi connectivity index (χ4v) is 3.94. The summed E-state index contributed by atoms with van der Waals surface area (Å²) in [7, 11) is 0. The van der Waals surface area contributed by atoms with Gasteiger partial charge in [0, 0.05) is 31.4 Å². The maximum absolute atomic E-state index is 12.7. The third kappa shape index (κ3) is 4.78. The molecular weight excluding hydrogens is 390 g/mol. The number of nitrogens with zero attached hydrogens (tertiary/aromatic N) is 4. The molecule has 0 radical (unpaired) electrons. The van der Waals surface area contributed by atoms with Gasteiger partial charge in [0.05, 0.1) is 30.7 Å². The zero-order valence-electron chi connectivity index (χ0n) is 18.6. The van der Waals surface area contributed by atoms with E-state index >= 15 is 0 Å². The molecule has 1 aliphatic heterocycles. The highest BCUT2D eigenvalue weighted by Crippen LogP contribution is 2.26. The lowest BCUT2D eigenvalue weighted by Gasteiger charge is -2.26. The molecule has 1 amide bonds. The van der Waals surface area contributed by atoms with Crippen molar-refractivity contribution in [1.29, 1.82) is 0 Å². The van der Waals surface area contributed by atoms with E-state index in [1.807, 2.05) is 13.1 Å². The summed E-state index contributed by atoms with van der Waals surface area (Å²) in [5.74, 6) is 0.389. The topological polar surface area (TPSA) is 71.8 Å². The van der Waals surface area contributed by atoms with Crippen molar-refractivity contribution < 1.29 is 9.53 Å². The smallest absolute Gasteiger partial charge is 0.254 e. The molecule has 0 spiro atoms. The van der Waals surface area contributed by atoms with Crippen molar-refractivity contribution >= 4 is 11.6 Å². The van der Waals surface area contributed by atoms with Crippen molar-refractivity contribution in [2.24, 2.45) is 0 Å². The Morgan fingerprint density at radius 1 is 1.16 bits per heavy atom. The number of nitrogens with one attached hydrogen (secondary N) is 1. The molecule has 0 aliphatic carbocycles. The van der Waals surface area contributed by atoms with Crippen LogP contribution in [-0.2, 0) is 4.74 Å². The number of fused-ring (bicyclic) bond motifs is 1. The van der Waals surface area contributed by atoms with Crippen LogP contribution in [0.15, 0.2) is 36.7 Å². The first kappa shape index (κ1) is 21.5. The molecule has 1 fully saturated rings. The molecule has 1 aromatic carbocycles. The Bertz CT molecular complexity index is 1040. The minimum atomic E-state index is -0.104. The summed E-state index contributed by atoms with van der Waals surface area (Å²) >= 11 is 0. The van der Waals surface area contributed by atoms with Gasteiger partial charge >= 0.3 is 0 Å². The molecule has 0 unspecified atom stereocenters. The van der Waals surface area contributed by atoms with Gasteiger partial charge in [-0.05, 0) is 36.9 Å². The molecule has 3 aromatic rings. The van der Waals surface area contributed by atoms with Gasteiger partial charge in [-0.1, -0.05) is 38.1 Å². The second-order valence-corrected chi connectivity index (χ2v) is 8.39. The molecule has 4 rings (SSSR count). The Balaban J connectivity index is 1.43. The van der Waals surface area contributed by atoms with Crippen LogP contribution in [-0.4, -0.2) is 64.8 Å². The Morgan fingerprint density at radius 3 is 2.61 bits per heavy atom. The molecule has 7 heteroatoms. The Kier molecular flexibility index (Phi) is 6.63. The van der Waals surface area contributed by atoms with Crippen molar-refractivity contribution in [2.45, 2.75) is 33.1 Å². The average Bonchev–Trinajstić information content (AvgIpc) is 3.22. The molecule has 0 saturated carbocycles. The highest BCUT2D eigenvalue weighted by Gasteiger charge is 2.16. The Morgan fingerprint density at radius 2 is 1.90 bits per heavy atom. The van der Waals surface area contributed by atoms with Gasteiger partial charge in [-0.25, -0.2) is 9.50 Å². The number of aromatic nitrogens is 3. The second-order valence-electron chi connectivity index (χ2n) is 8.39. The first-order valence-electron chi connectivity index (χ1n) is 11.1. The summed E-state index contributed by atoms with van der Waals surface area (Å²) in [6, 6.07) is 8.51. The van der Waals surface area contributed by atoms with Crippen LogP contribution in [0.2, 0.25) is 0 Å². The van der Waals surface area contributed by atoms with Gasteiger partial charge < -0.3 is 10.1 Å². The van der Waals surface area contributed by atoms with E-state index < -0.39 is 0 Å². The Labute approximate surface area is 183 Å². The predicted molar refractivity (Wildman–Crippen MR) is 121 cm³/mol. The third-order valence-electron chi connectivity index (χ3n) is 5.94. The largest absolute Gasteiger partial charge is 0.379 e. The van der Waals surface area contributed by atoms with E-state index in [9.17, 15) is 4.79 Å². The number of benzene rings is 1. The van der Waals surface area contributed by atoms with E-state index in [1.54, 1.807) is 10.7 Å². The predicted octanol–water partition coefficient (Wildman–Crippen LogP) is 3.28. The van der Waals surface area contributed by atoms with E-state index in [4.69, 9.17) is 4.74 Å². The lowest BCUT2D eigenvalue weighted by atomic mass is 10.00. The summed E-state index contributed by atoms with van der Waals surface area (Å²) < 4.78 is 7.13. The van der Waals surface area contributed by atoms with E-state index in [1.165, 1.54) is 5.56 Å². The van der Waals surface area contributed by atoms with E-state index in [0.717, 1.165) is 61.7 Å². The number of hydrogen-bond acceptors (Lipinski definition) is 5. The normalized spacial score (nSPS) is 15.0. The van der Waals surface area contributed by atoms with Crippen LogP contribution in [0.25, 0.3) is 16.8 Å². The van der Waals surface area contributed by atoms with Crippen molar-refractivity contribution in [1.82, 2.24) is 24.8 Å². The number of morpholine rings is 1. The molecule has 31 heavy (non-hydrogen) atoms. The second kappa shape index (κ2) is 9.58. The molecule has 7 nitrogen and oxygen atoms in total. The quantitative estimate of drug-likeness (QED) is 0.593. The Hall–Kier alpha value is -2.77. The molecule has 1 aliphatic rings. The van der Waals surface area contributed by atoms with Crippen LogP contribution in [0.4, 0.5) is 0 Å². The summed E-state index contributed by atoms with van der Waals surface area (Å²) in [5.41, 5.74) is 5.46. The number of carbonyl (C=O) groups excluding carboxylic acids is 1. The fourth-order valence-electron chi connectivity index (χ4n) is 3.94. The zero-order valence-corrected chi connectivity index (χ0v) is 18.6. The average molecular weight is 422 g/mol. The van der Waals surface area contributed by atoms with Crippen LogP contribution in [0.5, 0.6) is 0 Å². The minimum Gasteiger partial charge on any atom is -0.379 e. The lowest BCUT2D eigenvalue weighted by molar-refractivity contribution is 0.0374. The van der Waals surface area contributed by atoms with Crippen LogP contribution in [0, 0.1) is 6.92 Å². The van der Waals surface area contributed by atoms with Crippen LogP contribution in [0.1, 0.15) is 47.8 Å². The zero-order chi connectivity index (χ0) is 21.8. The van der Waals surface area contributed by atoms with E-state index in [2.05, 4.69) is 58.4 Å². The minimum absolute atomic E-state index is 0.104. The molecule has 0 atom stereocenters. The van der Waals surface area contributed by atoms with Crippen LogP contribution in [0.3, 0.4) is 0 Å². The van der Waals surface area contributed by atoms with Crippen LogP contribution >= 0.6 is 0 Å². The monoisotopic (exact) mass is 421 g/mol. The van der Waals surface area contributed by atoms with Gasteiger partial charge in [0.15, 0.2) is 5.65 Å². The molecule has 0 bridgehead atoms. The van der Waals surface area contributed by atoms with Crippen molar-refractivity contribution in [2.75, 3.05) is 39.4 Å². The summed E-state index contributed by atoms with van der Waals surface area (Å²) in [6.07, 6.45) is 4.40. The maximum atomic E-state index is 12.7. The summed E-state index contributed by atoms with van der Waals surface area (Å²) in [6.45, 7) is 11.4. The summed E-state index contributed by atoms with van der Waals surface area (Å²) in [5, 5.41) is 7.53. The van der Waals surface area contributed by atoms with Gasteiger partial charge in [0.2, 0.25) is 0 Å². The first-order chi connectivity index (χ1) is 15.0. The van der Waals surface area contributed by atoms with Crippen LogP contribution < -0.4 is 5.32 Å². The molecule has 3 heterocycles. The molecule has 164 valence electrons. The number of amides is 1. The number of carbonyl (C=O) groups is 1. The molecular formula is C24H31N5O2. The number of rotatable bonds is 7. The molecule has 1 saturated heterocycles. The van der Waals surface area contributed by atoms with Gasteiger partial charge in [-0.15, -0.1) is 0 Å². The van der Waals surface area contributed by atoms with Gasteiger partial charge in [0.1, 0.15) is 0 Å². The fraction of sp³-hybridized carbons (Fsp3) is 0.458. The SMILES string of the molecule is Cc1c(C(=O)NCCCN2CCOCC2)cnc2c(-c3ccc(C(C)C)cc3)cnn12. The maximum Gasteiger partial charge on any atom is 0.254 e. The highest BCUT2D eigenvalue weighted by atomic mass is 16.5. The van der Waals surface area contributed by atoms with Crippen molar-refractivity contribution in [3.8, 4) is 11.1 Å². The number of ether oxygens (including phenoxy) is 1. The van der Waals surface area contributed by atoms with Gasteiger partial charge in [0.25, 0.3) is 5.91 Å². The number of aryl methyl sites for hydroxylation is 1. The molecule has 2 aromatic heterocycles. The number of hydrogen-bond donors (Lipinski definition) is 1. The standard InChI is InChI=1S/C24H31N5O2/c1-17(2)19-5-7-20(8-6-19)22-16-27-29-18(3)21(15-26-23(22)29)24(30)25-9-4-10-28-11-13-31-14-12-28/h5-8,15-17H,4,9-14H2,1-3H3,(H,25,30).